The molecule has 0 aromatic heterocycles. The van der Waals surface area contributed by atoms with Crippen LogP contribution in [0.4, 0.5) is 5.69 Å². The van der Waals surface area contributed by atoms with Crippen LogP contribution in [0.3, 0.4) is 0 Å². The number of fused-ring (bicyclic) bond motifs is 3. The van der Waals surface area contributed by atoms with Gasteiger partial charge >= 0.3 is 5.97 Å². The Hall–Kier alpha value is -1.88. The summed E-state index contributed by atoms with van der Waals surface area (Å²) in [6, 6.07) is 3.78. The van der Waals surface area contributed by atoms with Crippen LogP contribution < -0.4 is 5.73 Å². The molecule has 3 rings (SSSR count). The molecule has 1 aromatic rings. The van der Waals surface area contributed by atoms with E-state index in [1.807, 2.05) is 13.0 Å². The van der Waals surface area contributed by atoms with Crippen LogP contribution in [0.5, 0.6) is 0 Å². The summed E-state index contributed by atoms with van der Waals surface area (Å²) < 4.78 is 10.9. The third-order valence-corrected chi connectivity index (χ3v) is 5.65. The van der Waals surface area contributed by atoms with Crippen LogP contribution in [0.2, 0.25) is 0 Å². The minimum atomic E-state index is -0.436. The van der Waals surface area contributed by atoms with E-state index in [0.29, 0.717) is 17.9 Å². The summed E-state index contributed by atoms with van der Waals surface area (Å²) in [7, 11) is 1.36. The van der Waals surface area contributed by atoms with Gasteiger partial charge in [0.25, 0.3) is 0 Å². The van der Waals surface area contributed by atoms with E-state index in [-0.39, 0.29) is 29.6 Å². The third kappa shape index (κ3) is 2.71. The molecule has 5 heteroatoms. The molecule has 1 aliphatic carbocycles. The molecule has 5 nitrogen and oxygen atoms in total. The fraction of sp³-hybridized carbons (Fsp3) is 0.579. The zero-order valence-corrected chi connectivity index (χ0v) is 14.5. The van der Waals surface area contributed by atoms with Crippen LogP contribution >= 0.6 is 0 Å². The number of benzene rings is 1. The lowest BCUT2D eigenvalue weighted by Gasteiger charge is -2.33. The van der Waals surface area contributed by atoms with E-state index in [2.05, 4.69) is 0 Å². The number of hydrogen-bond donors (Lipinski definition) is 1. The summed E-state index contributed by atoms with van der Waals surface area (Å²) in [4.78, 5) is 24.6. The summed E-state index contributed by atoms with van der Waals surface area (Å²) in [6.45, 7) is 4.36. The number of carbonyl (C=O) groups excluding carboxylic acids is 2. The molecule has 0 spiro atoms. The van der Waals surface area contributed by atoms with Gasteiger partial charge in [-0.05, 0) is 49.3 Å². The first-order valence-electron chi connectivity index (χ1n) is 8.58. The molecule has 130 valence electrons. The van der Waals surface area contributed by atoms with Crippen LogP contribution in [0.25, 0.3) is 0 Å². The van der Waals surface area contributed by atoms with Gasteiger partial charge in [-0.1, -0.05) is 13.0 Å². The van der Waals surface area contributed by atoms with Crippen molar-refractivity contribution >= 4 is 17.4 Å². The van der Waals surface area contributed by atoms with E-state index in [1.54, 1.807) is 13.0 Å². The minimum absolute atomic E-state index is 0.0725. The highest BCUT2D eigenvalue weighted by atomic mass is 16.5. The lowest BCUT2D eigenvalue weighted by Crippen LogP contribution is -2.29. The van der Waals surface area contributed by atoms with Gasteiger partial charge in [0.2, 0.25) is 0 Å². The molecule has 1 aromatic carbocycles. The summed E-state index contributed by atoms with van der Waals surface area (Å²) in [5, 5.41) is 0. The number of esters is 1. The molecule has 1 aliphatic heterocycles. The van der Waals surface area contributed by atoms with Gasteiger partial charge in [-0.25, -0.2) is 4.79 Å². The molecule has 0 amide bonds. The molecule has 4 unspecified atom stereocenters. The first-order chi connectivity index (χ1) is 11.5. The van der Waals surface area contributed by atoms with Crippen LogP contribution in [-0.2, 0) is 14.3 Å². The number of methoxy groups -OCH3 is 1. The Labute approximate surface area is 142 Å². The highest BCUT2D eigenvalue weighted by molar-refractivity contribution is 5.97. The lowest BCUT2D eigenvalue weighted by molar-refractivity contribution is -0.121. The Morgan fingerprint density at radius 3 is 2.67 bits per heavy atom. The second-order valence-electron chi connectivity index (χ2n) is 6.91. The van der Waals surface area contributed by atoms with E-state index in [4.69, 9.17) is 15.2 Å². The Balaban J connectivity index is 2.23. The average Bonchev–Trinajstić information content (AvgIpc) is 3.00. The fourth-order valence-corrected chi connectivity index (χ4v) is 4.44. The van der Waals surface area contributed by atoms with Crippen molar-refractivity contribution in [3.8, 4) is 0 Å². The van der Waals surface area contributed by atoms with Gasteiger partial charge in [0.1, 0.15) is 5.78 Å². The van der Waals surface area contributed by atoms with Gasteiger partial charge in [-0.3, -0.25) is 4.79 Å². The predicted molar refractivity (Wildman–Crippen MR) is 91.1 cm³/mol. The van der Waals surface area contributed by atoms with Crippen molar-refractivity contribution in [3.05, 3.63) is 28.8 Å². The molecule has 2 aliphatic rings. The first kappa shape index (κ1) is 17.0. The number of rotatable bonds is 2. The SMILES string of the molecule is COC(=O)c1c(N)ccc2c1C(C)C(C(C)=O)CCC1OCCC21. The normalized spacial score (nSPS) is 29.1. The van der Waals surface area contributed by atoms with Crippen LogP contribution in [-0.4, -0.2) is 31.6 Å². The van der Waals surface area contributed by atoms with Crippen molar-refractivity contribution in [1.82, 2.24) is 0 Å². The third-order valence-electron chi connectivity index (χ3n) is 5.65. The lowest BCUT2D eigenvalue weighted by atomic mass is 9.71. The van der Waals surface area contributed by atoms with Crippen molar-refractivity contribution in [2.75, 3.05) is 19.5 Å². The van der Waals surface area contributed by atoms with E-state index in [9.17, 15) is 9.59 Å². The molecular formula is C19H25NO4. The van der Waals surface area contributed by atoms with Gasteiger partial charge in [0, 0.05) is 24.1 Å². The summed E-state index contributed by atoms with van der Waals surface area (Å²) >= 11 is 0. The van der Waals surface area contributed by atoms with E-state index >= 15 is 0 Å². The van der Waals surface area contributed by atoms with Crippen molar-refractivity contribution in [2.45, 2.75) is 51.0 Å². The molecule has 4 atom stereocenters. The predicted octanol–water partition coefficient (Wildman–Crippen LogP) is 3.03. The number of Topliss-reactive ketones (excluding diaryl/α,β-unsaturated/α-hetero) is 1. The number of anilines is 1. The average molecular weight is 331 g/mol. The quantitative estimate of drug-likeness (QED) is 0.665. The molecule has 24 heavy (non-hydrogen) atoms. The molecule has 0 bridgehead atoms. The van der Waals surface area contributed by atoms with Crippen LogP contribution in [0.1, 0.15) is 66.4 Å². The minimum Gasteiger partial charge on any atom is -0.465 e. The zero-order valence-electron chi connectivity index (χ0n) is 14.5. The van der Waals surface area contributed by atoms with Gasteiger partial charge in [0.05, 0.1) is 18.8 Å². The Kier molecular flexibility index (Phi) is 4.63. The van der Waals surface area contributed by atoms with E-state index in [0.717, 1.165) is 30.4 Å². The van der Waals surface area contributed by atoms with E-state index in [1.165, 1.54) is 7.11 Å². The summed E-state index contributed by atoms with van der Waals surface area (Å²) in [5.74, 6) is -0.257. The smallest absolute Gasteiger partial charge is 0.340 e. The van der Waals surface area contributed by atoms with Crippen LogP contribution in [0, 0.1) is 5.92 Å². The number of carbonyl (C=O) groups is 2. The molecule has 0 saturated carbocycles. The van der Waals surface area contributed by atoms with Gasteiger partial charge in [-0.2, -0.15) is 0 Å². The van der Waals surface area contributed by atoms with Crippen molar-refractivity contribution < 1.29 is 19.1 Å². The molecule has 1 saturated heterocycles. The number of hydrogen-bond acceptors (Lipinski definition) is 5. The largest absolute Gasteiger partial charge is 0.465 e. The highest BCUT2D eigenvalue weighted by Gasteiger charge is 2.39. The highest BCUT2D eigenvalue weighted by Crippen LogP contribution is 2.46. The molecule has 0 radical (unpaired) electrons. The number of ether oxygens (including phenoxy) is 2. The maximum absolute atomic E-state index is 12.4. The number of nitrogen functional groups attached to an aromatic ring is 1. The first-order valence-corrected chi connectivity index (χ1v) is 8.58. The maximum atomic E-state index is 12.4. The summed E-state index contributed by atoms with van der Waals surface area (Å²) in [5.41, 5.74) is 8.91. The van der Waals surface area contributed by atoms with Crippen molar-refractivity contribution in [2.24, 2.45) is 5.92 Å². The zero-order chi connectivity index (χ0) is 17.4. The van der Waals surface area contributed by atoms with Gasteiger partial charge in [-0.15, -0.1) is 0 Å². The molecule has 1 heterocycles. The van der Waals surface area contributed by atoms with Gasteiger partial charge in [0.15, 0.2) is 0 Å². The Morgan fingerprint density at radius 2 is 2.00 bits per heavy atom. The Bertz CT molecular complexity index is 670. The van der Waals surface area contributed by atoms with Crippen molar-refractivity contribution in [1.29, 1.82) is 0 Å². The topological polar surface area (TPSA) is 78.6 Å². The van der Waals surface area contributed by atoms with E-state index < -0.39 is 5.97 Å². The second kappa shape index (κ2) is 6.55. The van der Waals surface area contributed by atoms with Crippen molar-refractivity contribution in [3.63, 3.8) is 0 Å². The second-order valence-corrected chi connectivity index (χ2v) is 6.91. The standard InChI is InChI=1S/C19H25NO4/c1-10-12(11(2)21)5-7-16-13(8-9-24-16)14-4-6-15(20)18(17(10)14)19(22)23-3/h4,6,10,12-13,16H,5,7-9,20H2,1-3H3. The fourth-order valence-electron chi connectivity index (χ4n) is 4.44. The molecule has 2 N–H and O–H groups in total. The maximum Gasteiger partial charge on any atom is 0.340 e. The summed E-state index contributed by atoms with van der Waals surface area (Å²) in [6.07, 6.45) is 2.68. The molecular weight excluding hydrogens is 306 g/mol. The number of nitrogens with two attached hydrogens (primary N) is 1. The van der Waals surface area contributed by atoms with Gasteiger partial charge < -0.3 is 15.2 Å². The monoisotopic (exact) mass is 331 g/mol. The Morgan fingerprint density at radius 1 is 1.25 bits per heavy atom. The van der Waals surface area contributed by atoms with Crippen LogP contribution in [0.15, 0.2) is 12.1 Å². The number of ketones is 1. The molecule has 1 fully saturated rings.